The molecule has 2 aromatic heterocycles. The Balaban J connectivity index is 2.26. The van der Waals surface area contributed by atoms with Crippen molar-refractivity contribution in [2.45, 2.75) is 10.2 Å². The first-order chi connectivity index (χ1) is 8.20. The van der Waals surface area contributed by atoms with Crippen molar-refractivity contribution in [1.29, 1.82) is 0 Å². The molecule has 0 aliphatic carbocycles. The lowest BCUT2D eigenvalue weighted by Crippen LogP contribution is -2.13. The van der Waals surface area contributed by atoms with Crippen molar-refractivity contribution < 1.29 is 5.21 Å². The van der Waals surface area contributed by atoms with Crippen LogP contribution in [0.4, 0.5) is 0 Å². The van der Waals surface area contributed by atoms with Crippen LogP contribution in [0.3, 0.4) is 0 Å². The molecule has 0 bridgehead atoms. The summed E-state index contributed by atoms with van der Waals surface area (Å²) in [7, 11) is 1.84. The highest BCUT2D eigenvalue weighted by Gasteiger charge is 2.07. The maximum atomic E-state index is 8.59. The molecular formula is C9H10N6OS. The Morgan fingerprint density at radius 2 is 2.41 bits per heavy atom. The first kappa shape index (κ1) is 11.4. The summed E-state index contributed by atoms with van der Waals surface area (Å²) in [4.78, 5) is 4.16. The van der Waals surface area contributed by atoms with Crippen LogP contribution in [0.1, 0.15) is 5.56 Å². The van der Waals surface area contributed by atoms with E-state index >= 15 is 0 Å². The van der Waals surface area contributed by atoms with E-state index in [1.165, 1.54) is 11.8 Å². The summed E-state index contributed by atoms with van der Waals surface area (Å²) in [6, 6.07) is 3.38. The fourth-order valence-corrected chi connectivity index (χ4v) is 1.91. The number of aromatic nitrogens is 4. The van der Waals surface area contributed by atoms with E-state index in [9.17, 15) is 0 Å². The molecule has 0 aliphatic heterocycles. The Morgan fingerprint density at radius 3 is 3.06 bits per heavy atom. The minimum atomic E-state index is 0.0483. The zero-order chi connectivity index (χ0) is 12.3. The molecule has 0 unspecified atom stereocenters. The van der Waals surface area contributed by atoms with Crippen LogP contribution in [0.15, 0.2) is 40.0 Å². The quantitative estimate of drug-likeness (QED) is 0.355. The number of nitrogens with two attached hydrogens (primary N) is 1. The van der Waals surface area contributed by atoms with Crippen LogP contribution in [-0.2, 0) is 7.05 Å². The van der Waals surface area contributed by atoms with E-state index in [1.54, 1.807) is 29.2 Å². The Kier molecular flexibility index (Phi) is 3.24. The van der Waals surface area contributed by atoms with Gasteiger partial charge in [-0.05, 0) is 23.9 Å². The minimum Gasteiger partial charge on any atom is -0.409 e. The first-order valence-electron chi connectivity index (χ1n) is 4.66. The number of hydrogen-bond acceptors (Lipinski definition) is 6. The van der Waals surface area contributed by atoms with Gasteiger partial charge in [0, 0.05) is 18.8 Å². The molecule has 0 aromatic carbocycles. The molecule has 7 nitrogen and oxygen atoms in total. The molecule has 0 amide bonds. The van der Waals surface area contributed by atoms with Gasteiger partial charge in [0.05, 0.1) is 0 Å². The number of amidine groups is 1. The van der Waals surface area contributed by atoms with Gasteiger partial charge in [-0.2, -0.15) is 0 Å². The van der Waals surface area contributed by atoms with Crippen LogP contribution < -0.4 is 5.73 Å². The second-order valence-corrected chi connectivity index (χ2v) is 4.18. The highest BCUT2D eigenvalue weighted by molar-refractivity contribution is 7.99. The molecule has 0 saturated carbocycles. The van der Waals surface area contributed by atoms with Gasteiger partial charge in [0.2, 0.25) is 0 Å². The molecule has 0 aliphatic rings. The summed E-state index contributed by atoms with van der Waals surface area (Å²) < 4.78 is 1.78. The number of oxime groups is 1. The van der Waals surface area contributed by atoms with Crippen molar-refractivity contribution in [1.82, 2.24) is 19.7 Å². The van der Waals surface area contributed by atoms with Gasteiger partial charge < -0.3 is 15.5 Å². The SMILES string of the molecule is Cn1cnnc1Sc1cc(/C(N)=N/O)ccn1. The van der Waals surface area contributed by atoms with E-state index in [2.05, 4.69) is 20.3 Å². The van der Waals surface area contributed by atoms with Crippen molar-refractivity contribution in [3.63, 3.8) is 0 Å². The summed E-state index contributed by atoms with van der Waals surface area (Å²) in [6.45, 7) is 0. The summed E-state index contributed by atoms with van der Waals surface area (Å²) in [5.74, 6) is 0.0483. The second kappa shape index (κ2) is 4.83. The minimum absolute atomic E-state index is 0.0483. The third kappa shape index (κ3) is 2.53. The third-order valence-electron chi connectivity index (χ3n) is 2.00. The molecule has 2 rings (SSSR count). The van der Waals surface area contributed by atoms with Crippen molar-refractivity contribution >= 4 is 17.6 Å². The van der Waals surface area contributed by atoms with E-state index in [-0.39, 0.29) is 5.84 Å². The molecule has 0 atom stereocenters. The fourth-order valence-electron chi connectivity index (χ4n) is 1.14. The van der Waals surface area contributed by atoms with Crippen molar-refractivity contribution in [3.05, 3.63) is 30.2 Å². The van der Waals surface area contributed by atoms with E-state index < -0.39 is 0 Å². The average molecular weight is 250 g/mol. The molecule has 2 heterocycles. The summed E-state index contributed by atoms with van der Waals surface area (Å²) in [6.07, 6.45) is 3.20. The molecule has 8 heteroatoms. The number of nitrogens with zero attached hydrogens (tertiary/aromatic N) is 5. The predicted molar refractivity (Wildman–Crippen MR) is 61.9 cm³/mol. The van der Waals surface area contributed by atoms with Crippen LogP contribution in [0, 0.1) is 0 Å². The van der Waals surface area contributed by atoms with Gasteiger partial charge in [-0.15, -0.1) is 10.2 Å². The standard InChI is InChI=1S/C9H10N6OS/c1-15-5-12-13-9(15)17-7-4-6(2-3-11-7)8(10)14-16/h2-5,16H,1H3,(H2,10,14). The highest BCUT2D eigenvalue weighted by atomic mass is 32.2. The van der Waals surface area contributed by atoms with Gasteiger partial charge >= 0.3 is 0 Å². The maximum absolute atomic E-state index is 8.59. The highest BCUT2D eigenvalue weighted by Crippen LogP contribution is 2.23. The molecule has 17 heavy (non-hydrogen) atoms. The largest absolute Gasteiger partial charge is 0.409 e. The fraction of sp³-hybridized carbons (Fsp3) is 0.111. The van der Waals surface area contributed by atoms with Gasteiger partial charge in [0.1, 0.15) is 11.4 Å². The predicted octanol–water partition coefficient (Wildman–Crippen LogP) is 0.456. The smallest absolute Gasteiger partial charge is 0.197 e. The van der Waals surface area contributed by atoms with E-state index in [4.69, 9.17) is 10.9 Å². The lowest BCUT2D eigenvalue weighted by Gasteiger charge is -2.02. The summed E-state index contributed by atoms with van der Waals surface area (Å²) in [5.41, 5.74) is 6.10. The molecule has 3 N–H and O–H groups in total. The maximum Gasteiger partial charge on any atom is 0.197 e. The lowest BCUT2D eigenvalue weighted by atomic mass is 10.2. The van der Waals surface area contributed by atoms with Crippen LogP contribution in [0.2, 0.25) is 0 Å². The Bertz CT molecular complexity index is 552. The summed E-state index contributed by atoms with van der Waals surface area (Å²) >= 11 is 1.35. The number of hydrogen-bond donors (Lipinski definition) is 2. The molecular weight excluding hydrogens is 240 g/mol. The number of rotatable bonds is 3. The molecule has 0 radical (unpaired) electrons. The Labute approximate surface area is 101 Å². The van der Waals surface area contributed by atoms with Crippen molar-refractivity contribution in [3.8, 4) is 0 Å². The molecule has 88 valence electrons. The molecule has 2 aromatic rings. The first-order valence-corrected chi connectivity index (χ1v) is 5.48. The molecule has 0 saturated heterocycles. The van der Waals surface area contributed by atoms with Crippen molar-refractivity contribution in [2.24, 2.45) is 17.9 Å². The second-order valence-electron chi connectivity index (χ2n) is 3.19. The van der Waals surface area contributed by atoms with E-state index in [0.29, 0.717) is 15.7 Å². The molecule has 0 fully saturated rings. The van der Waals surface area contributed by atoms with Gasteiger partial charge in [-0.1, -0.05) is 5.16 Å². The number of aryl methyl sites for hydroxylation is 1. The van der Waals surface area contributed by atoms with Gasteiger partial charge in [0.15, 0.2) is 11.0 Å². The zero-order valence-electron chi connectivity index (χ0n) is 8.98. The zero-order valence-corrected chi connectivity index (χ0v) is 9.79. The molecule has 0 spiro atoms. The van der Waals surface area contributed by atoms with Gasteiger partial charge in [0.25, 0.3) is 0 Å². The monoisotopic (exact) mass is 250 g/mol. The average Bonchev–Trinajstić information content (AvgIpc) is 2.74. The number of pyridine rings is 1. The Morgan fingerprint density at radius 1 is 1.59 bits per heavy atom. The van der Waals surface area contributed by atoms with Crippen LogP contribution in [-0.4, -0.2) is 30.8 Å². The van der Waals surface area contributed by atoms with Crippen LogP contribution in [0.5, 0.6) is 0 Å². The van der Waals surface area contributed by atoms with Gasteiger partial charge in [-0.3, -0.25) is 0 Å². The third-order valence-corrected chi connectivity index (χ3v) is 2.99. The van der Waals surface area contributed by atoms with Crippen LogP contribution >= 0.6 is 11.8 Å². The van der Waals surface area contributed by atoms with Crippen molar-refractivity contribution in [2.75, 3.05) is 0 Å². The van der Waals surface area contributed by atoms with E-state index in [0.717, 1.165) is 0 Å². The normalized spacial score (nSPS) is 11.7. The van der Waals surface area contributed by atoms with Crippen LogP contribution in [0.25, 0.3) is 0 Å². The van der Waals surface area contributed by atoms with E-state index in [1.807, 2.05) is 7.05 Å². The lowest BCUT2D eigenvalue weighted by molar-refractivity contribution is 0.318. The summed E-state index contributed by atoms with van der Waals surface area (Å²) in [5, 5.41) is 20.6. The van der Waals surface area contributed by atoms with Gasteiger partial charge in [-0.25, -0.2) is 4.98 Å². The Hall–Kier alpha value is -2.09. The topological polar surface area (TPSA) is 102 Å².